The van der Waals surface area contributed by atoms with Gasteiger partial charge in [0.2, 0.25) is 11.0 Å². The van der Waals surface area contributed by atoms with E-state index in [9.17, 15) is 26.7 Å². The van der Waals surface area contributed by atoms with Crippen molar-refractivity contribution < 1.29 is 31.5 Å². The summed E-state index contributed by atoms with van der Waals surface area (Å²) in [4.78, 5) is 11.1. The molecule has 3 aromatic rings. The number of carbonyl (C=O) groups excluding carboxylic acids is 1. The van der Waals surface area contributed by atoms with Crippen LogP contribution in [-0.4, -0.2) is 35.3 Å². The second kappa shape index (κ2) is 10.3. The minimum absolute atomic E-state index is 0.0425. The second-order valence-electron chi connectivity index (χ2n) is 6.73. The molecule has 33 heavy (non-hydrogen) atoms. The summed E-state index contributed by atoms with van der Waals surface area (Å²) in [5.74, 6) is -1.81. The largest absolute Gasteiger partial charge is 0.497 e. The number of nitrogen functional groups attached to an aromatic ring is 1. The quantitative estimate of drug-likeness (QED) is 0.385. The number of alkyl halides is 3. The summed E-state index contributed by atoms with van der Waals surface area (Å²) in [5.41, 5.74) is 1.81. The monoisotopic (exact) mass is 504 g/mol. The highest BCUT2D eigenvalue weighted by Crippen LogP contribution is 2.37. The zero-order valence-corrected chi connectivity index (χ0v) is 18.6. The zero-order valence-electron chi connectivity index (χ0n) is 17.0. The van der Waals surface area contributed by atoms with E-state index in [1.54, 1.807) is 12.1 Å². The highest BCUT2D eigenvalue weighted by atomic mass is 32.2. The summed E-state index contributed by atoms with van der Waals surface area (Å²) in [5, 5.41) is 10.9. The number of thioether (sulfide) groups is 1. The van der Waals surface area contributed by atoms with Crippen molar-refractivity contribution in [2.24, 2.45) is 0 Å². The number of hydrogen-bond acceptors (Lipinski definition) is 7. The maximum Gasteiger partial charge on any atom is 0.446 e. The molecule has 2 aromatic carbocycles. The molecule has 13 heteroatoms. The lowest BCUT2D eigenvalue weighted by molar-refractivity contribution is -0.119. The smallest absolute Gasteiger partial charge is 0.446 e. The molecule has 0 bridgehead atoms. The van der Waals surface area contributed by atoms with Crippen LogP contribution in [0.2, 0.25) is 0 Å². The fraction of sp³-hybridized carbons (Fsp3) is 0.250. The standard InChI is InChI=1S/C11H11F2NO2.C9H6F3N3S2/c1-16-7-3-8(12)11(9(13)4-7)6-2-10(15)14-5-6;10-9(11,12)17-6-3-1-5(2-4-6)7-14-15-8(13)16-7/h3-4,6H,2,5H2,1H3,(H,14,15);1-4H,(H2,13,15). The third-order valence-electron chi connectivity index (χ3n) is 4.45. The molecule has 1 aliphatic heterocycles. The van der Waals surface area contributed by atoms with Crippen molar-refractivity contribution in [1.82, 2.24) is 15.5 Å². The third kappa shape index (κ3) is 6.78. The SMILES string of the molecule is COc1cc(F)c(C2CNC(=O)C2)c(F)c1.Nc1nnc(-c2ccc(SC(F)(F)F)cc2)s1. The molecular formula is C20H17F5N4O2S2. The molecule has 176 valence electrons. The Morgan fingerprint density at radius 3 is 2.24 bits per heavy atom. The van der Waals surface area contributed by atoms with E-state index < -0.39 is 23.1 Å². The molecule has 4 rings (SSSR count). The molecule has 6 nitrogen and oxygen atoms in total. The summed E-state index contributed by atoms with van der Waals surface area (Å²) in [6.45, 7) is 0.277. The average molecular weight is 505 g/mol. The average Bonchev–Trinajstić information content (AvgIpc) is 3.35. The first-order valence-electron chi connectivity index (χ1n) is 9.30. The van der Waals surface area contributed by atoms with Gasteiger partial charge in [-0.2, -0.15) is 13.2 Å². The van der Waals surface area contributed by atoms with E-state index in [1.807, 2.05) is 0 Å². The lowest BCUT2D eigenvalue weighted by Gasteiger charge is -2.11. The van der Waals surface area contributed by atoms with Gasteiger partial charge in [-0.15, -0.1) is 10.2 Å². The molecule has 0 radical (unpaired) electrons. The van der Waals surface area contributed by atoms with Crippen LogP contribution in [0.3, 0.4) is 0 Å². The molecule has 0 spiro atoms. The van der Waals surface area contributed by atoms with E-state index >= 15 is 0 Å². The van der Waals surface area contributed by atoms with Crippen LogP contribution in [0.15, 0.2) is 41.3 Å². The Bertz CT molecular complexity index is 1100. The number of nitrogens with one attached hydrogen (secondary N) is 1. The predicted molar refractivity (Wildman–Crippen MR) is 115 cm³/mol. The molecule has 1 unspecified atom stereocenters. The van der Waals surface area contributed by atoms with Crippen LogP contribution in [0.25, 0.3) is 10.6 Å². The Morgan fingerprint density at radius 2 is 1.79 bits per heavy atom. The fourth-order valence-corrected chi connectivity index (χ4v) is 4.18. The number of amides is 1. The Labute approximate surface area is 193 Å². The summed E-state index contributed by atoms with van der Waals surface area (Å²) in [6.07, 6.45) is 0.125. The number of halogens is 5. The Morgan fingerprint density at radius 1 is 1.15 bits per heavy atom. The van der Waals surface area contributed by atoms with Crippen LogP contribution in [0.4, 0.5) is 27.1 Å². The van der Waals surface area contributed by atoms with E-state index in [-0.39, 0.29) is 46.8 Å². The number of nitrogens with two attached hydrogens (primary N) is 1. The van der Waals surface area contributed by atoms with Gasteiger partial charge in [0.05, 0.1) is 7.11 Å². The minimum atomic E-state index is -4.27. The van der Waals surface area contributed by atoms with E-state index in [1.165, 1.54) is 30.6 Å². The molecular weight excluding hydrogens is 487 g/mol. The molecule has 1 atom stereocenters. The van der Waals surface area contributed by atoms with E-state index in [0.29, 0.717) is 15.7 Å². The number of methoxy groups -OCH3 is 1. The van der Waals surface area contributed by atoms with Crippen LogP contribution >= 0.6 is 23.1 Å². The molecule has 1 saturated heterocycles. The van der Waals surface area contributed by atoms with E-state index in [4.69, 9.17) is 10.5 Å². The van der Waals surface area contributed by atoms with Gasteiger partial charge in [0.1, 0.15) is 22.4 Å². The van der Waals surface area contributed by atoms with Gasteiger partial charge in [0, 0.05) is 47.0 Å². The Kier molecular flexibility index (Phi) is 7.74. The van der Waals surface area contributed by atoms with Crippen LogP contribution in [0.5, 0.6) is 5.75 Å². The molecule has 1 aromatic heterocycles. The van der Waals surface area contributed by atoms with Gasteiger partial charge in [-0.3, -0.25) is 4.79 Å². The van der Waals surface area contributed by atoms with Crippen LogP contribution < -0.4 is 15.8 Å². The van der Waals surface area contributed by atoms with Crippen molar-refractivity contribution in [2.75, 3.05) is 19.4 Å². The molecule has 0 saturated carbocycles. The maximum atomic E-state index is 13.6. The lowest BCUT2D eigenvalue weighted by atomic mass is 9.97. The van der Waals surface area contributed by atoms with Gasteiger partial charge in [-0.05, 0) is 23.9 Å². The lowest BCUT2D eigenvalue weighted by Crippen LogP contribution is -2.14. The number of anilines is 1. The van der Waals surface area contributed by atoms with Gasteiger partial charge in [0.25, 0.3) is 0 Å². The van der Waals surface area contributed by atoms with Gasteiger partial charge >= 0.3 is 5.51 Å². The molecule has 1 aliphatic rings. The predicted octanol–water partition coefficient (Wildman–Crippen LogP) is 4.98. The van der Waals surface area contributed by atoms with Crippen molar-refractivity contribution >= 4 is 34.1 Å². The first-order valence-corrected chi connectivity index (χ1v) is 10.9. The Balaban J connectivity index is 0.000000186. The summed E-state index contributed by atoms with van der Waals surface area (Å²) in [7, 11) is 1.34. The summed E-state index contributed by atoms with van der Waals surface area (Å²) < 4.78 is 68.3. The number of nitrogens with zero attached hydrogens (tertiary/aromatic N) is 2. The maximum absolute atomic E-state index is 13.6. The third-order valence-corrected chi connectivity index (χ3v) is 5.99. The van der Waals surface area contributed by atoms with Crippen molar-refractivity contribution in [3.05, 3.63) is 53.6 Å². The van der Waals surface area contributed by atoms with Gasteiger partial charge in [-0.25, -0.2) is 8.78 Å². The fourth-order valence-electron chi connectivity index (χ4n) is 3.03. The van der Waals surface area contributed by atoms with Crippen molar-refractivity contribution in [3.8, 4) is 16.3 Å². The van der Waals surface area contributed by atoms with Crippen molar-refractivity contribution in [2.45, 2.75) is 22.7 Å². The molecule has 1 amide bonds. The second-order valence-corrected chi connectivity index (χ2v) is 8.88. The van der Waals surface area contributed by atoms with Gasteiger partial charge in [0.15, 0.2) is 0 Å². The van der Waals surface area contributed by atoms with E-state index in [0.717, 1.165) is 12.1 Å². The number of benzene rings is 2. The first kappa shape index (κ1) is 24.7. The summed E-state index contributed by atoms with van der Waals surface area (Å²) in [6, 6.07) is 8.17. The number of aromatic nitrogens is 2. The van der Waals surface area contributed by atoms with Crippen LogP contribution in [0, 0.1) is 11.6 Å². The molecule has 0 aliphatic carbocycles. The highest BCUT2D eigenvalue weighted by molar-refractivity contribution is 8.00. The first-order chi connectivity index (χ1) is 15.6. The molecule has 2 heterocycles. The number of rotatable bonds is 4. The van der Waals surface area contributed by atoms with Gasteiger partial charge in [-0.1, -0.05) is 23.5 Å². The van der Waals surface area contributed by atoms with E-state index in [2.05, 4.69) is 15.5 Å². The van der Waals surface area contributed by atoms with Gasteiger partial charge < -0.3 is 15.8 Å². The highest BCUT2D eigenvalue weighted by Gasteiger charge is 2.29. The number of ether oxygens (including phenoxy) is 1. The van der Waals surface area contributed by atoms with Crippen molar-refractivity contribution in [1.29, 1.82) is 0 Å². The normalized spacial score (nSPS) is 15.6. The topological polar surface area (TPSA) is 90.1 Å². The van der Waals surface area contributed by atoms with Crippen LogP contribution in [-0.2, 0) is 4.79 Å². The summed E-state index contributed by atoms with van der Waals surface area (Å²) >= 11 is 1.04. The van der Waals surface area contributed by atoms with Crippen LogP contribution in [0.1, 0.15) is 17.9 Å². The van der Waals surface area contributed by atoms with Crippen molar-refractivity contribution in [3.63, 3.8) is 0 Å². The number of hydrogen-bond donors (Lipinski definition) is 2. The molecule has 3 N–H and O–H groups in total. The number of carbonyl (C=O) groups is 1. The minimum Gasteiger partial charge on any atom is -0.497 e. The molecule has 1 fully saturated rings. The Hall–Kier alpha value is -2.93. The zero-order chi connectivity index (χ0) is 24.2.